The number of nitro groups is 1. The Morgan fingerprint density at radius 3 is 2.67 bits per heavy atom. The highest BCUT2D eigenvalue weighted by molar-refractivity contribution is 5.92. The summed E-state index contributed by atoms with van der Waals surface area (Å²) >= 11 is 0. The van der Waals surface area contributed by atoms with Gasteiger partial charge in [0.15, 0.2) is 0 Å². The van der Waals surface area contributed by atoms with Gasteiger partial charge < -0.3 is 10.0 Å². The number of carbonyl (C=O) groups excluding carboxylic acids is 1. The molecule has 0 saturated carbocycles. The second-order valence-corrected chi connectivity index (χ2v) is 5.10. The first-order valence-electron chi connectivity index (χ1n) is 6.93. The maximum atomic E-state index is 12.1. The Kier molecular flexibility index (Phi) is 5.05. The molecule has 0 unspecified atom stereocenters. The number of likely N-dealkylation sites (tertiary alicyclic amines) is 1. The molecular weight excluding hydrogens is 272 g/mol. The van der Waals surface area contributed by atoms with E-state index in [-0.39, 0.29) is 24.1 Å². The highest BCUT2D eigenvalue weighted by Crippen LogP contribution is 2.20. The van der Waals surface area contributed by atoms with Gasteiger partial charge in [-0.3, -0.25) is 14.9 Å². The molecule has 1 aromatic carbocycles. The van der Waals surface area contributed by atoms with Crippen molar-refractivity contribution in [3.05, 3.63) is 46.0 Å². The largest absolute Gasteiger partial charge is 0.396 e. The maximum absolute atomic E-state index is 12.1. The van der Waals surface area contributed by atoms with Crippen molar-refractivity contribution in [3.8, 4) is 0 Å². The zero-order valence-corrected chi connectivity index (χ0v) is 11.6. The van der Waals surface area contributed by atoms with E-state index < -0.39 is 4.92 Å². The number of benzene rings is 1. The molecule has 21 heavy (non-hydrogen) atoms. The van der Waals surface area contributed by atoms with Gasteiger partial charge in [-0.25, -0.2) is 0 Å². The lowest BCUT2D eigenvalue weighted by Crippen LogP contribution is -2.38. The first-order valence-corrected chi connectivity index (χ1v) is 6.93. The van der Waals surface area contributed by atoms with Crippen molar-refractivity contribution in [2.75, 3.05) is 19.7 Å². The van der Waals surface area contributed by atoms with Gasteiger partial charge in [0.25, 0.3) is 5.69 Å². The predicted octanol–water partition coefficient (Wildman–Crippen LogP) is 1.84. The summed E-state index contributed by atoms with van der Waals surface area (Å²) in [5, 5.41) is 20.0. The molecule has 1 fully saturated rings. The van der Waals surface area contributed by atoms with Crippen molar-refractivity contribution in [2.24, 2.45) is 5.92 Å². The molecule has 112 valence electrons. The van der Waals surface area contributed by atoms with Crippen molar-refractivity contribution < 1.29 is 14.8 Å². The lowest BCUT2D eigenvalue weighted by Gasteiger charge is -2.30. The van der Waals surface area contributed by atoms with Gasteiger partial charge in [-0.15, -0.1) is 0 Å². The zero-order chi connectivity index (χ0) is 15.2. The molecule has 1 N–H and O–H groups in total. The number of amides is 1. The molecular formula is C15H18N2O4. The number of aliphatic hydroxyl groups is 1. The van der Waals surface area contributed by atoms with Gasteiger partial charge in [0, 0.05) is 31.8 Å². The van der Waals surface area contributed by atoms with E-state index in [1.54, 1.807) is 23.1 Å². The first kappa shape index (κ1) is 15.2. The monoisotopic (exact) mass is 290 g/mol. The molecule has 6 heteroatoms. The number of rotatable bonds is 4. The van der Waals surface area contributed by atoms with Crippen molar-refractivity contribution in [3.63, 3.8) is 0 Å². The van der Waals surface area contributed by atoms with Gasteiger partial charge in [-0.1, -0.05) is 12.1 Å². The fourth-order valence-electron chi connectivity index (χ4n) is 2.40. The quantitative estimate of drug-likeness (QED) is 0.521. The van der Waals surface area contributed by atoms with Gasteiger partial charge in [-0.05, 0) is 30.9 Å². The summed E-state index contributed by atoms with van der Waals surface area (Å²) < 4.78 is 0. The summed E-state index contributed by atoms with van der Waals surface area (Å²) in [5.74, 6) is 0.123. The molecule has 2 rings (SSSR count). The summed E-state index contributed by atoms with van der Waals surface area (Å²) in [6.07, 6.45) is 4.45. The van der Waals surface area contributed by atoms with Gasteiger partial charge in [0.2, 0.25) is 5.91 Å². The Hall–Kier alpha value is -2.21. The summed E-state index contributed by atoms with van der Waals surface area (Å²) in [5.41, 5.74) is 0.404. The number of carbonyl (C=O) groups is 1. The van der Waals surface area contributed by atoms with Gasteiger partial charge >= 0.3 is 0 Å². The third-order valence-corrected chi connectivity index (χ3v) is 3.72. The molecule has 1 aliphatic rings. The highest BCUT2D eigenvalue weighted by atomic mass is 16.6. The molecule has 0 aromatic heterocycles. The van der Waals surface area contributed by atoms with E-state index in [2.05, 4.69) is 0 Å². The molecule has 0 aliphatic carbocycles. The lowest BCUT2D eigenvalue weighted by atomic mass is 9.98. The van der Waals surface area contributed by atoms with Crippen LogP contribution in [0.1, 0.15) is 18.4 Å². The average Bonchev–Trinajstić information content (AvgIpc) is 2.52. The van der Waals surface area contributed by atoms with Crippen LogP contribution in [0, 0.1) is 16.0 Å². The van der Waals surface area contributed by atoms with Crippen molar-refractivity contribution >= 4 is 17.7 Å². The fourth-order valence-corrected chi connectivity index (χ4v) is 2.40. The Bertz CT molecular complexity index is 548. The van der Waals surface area contributed by atoms with Gasteiger partial charge in [-0.2, -0.15) is 0 Å². The van der Waals surface area contributed by atoms with Crippen LogP contribution in [0.25, 0.3) is 6.08 Å². The van der Waals surface area contributed by atoms with Crippen molar-refractivity contribution in [1.82, 2.24) is 4.90 Å². The van der Waals surface area contributed by atoms with Crippen LogP contribution < -0.4 is 0 Å². The minimum Gasteiger partial charge on any atom is -0.396 e. The van der Waals surface area contributed by atoms with E-state index in [0.29, 0.717) is 18.7 Å². The molecule has 6 nitrogen and oxygen atoms in total. The summed E-state index contributed by atoms with van der Waals surface area (Å²) in [4.78, 5) is 24.2. The molecule has 1 heterocycles. The van der Waals surface area contributed by atoms with Crippen LogP contribution >= 0.6 is 0 Å². The van der Waals surface area contributed by atoms with Crippen LogP contribution in [0.5, 0.6) is 0 Å². The van der Waals surface area contributed by atoms with E-state index in [1.807, 2.05) is 0 Å². The van der Waals surface area contributed by atoms with Gasteiger partial charge in [0.05, 0.1) is 10.5 Å². The van der Waals surface area contributed by atoms with E-state index in [4.69, 9.17) is 5.11 Å². The minimum atomic E-state index is -0.461. The van der Waals surface area contributed by atoms with Crippen LogP contribution in [0.2, 0.25) is 0 Å². The third kappa shape index (κ3) is 3.88. The maximum Gasteiger partial charge on any atom is 0.276 e. The number of aliphatic hydroxyl groups excluding tert-OH is 1. The van der Waals surface area contributed by atoms with E-state index >= 15 is 0 Å². The smallest absolute Gasteiger partial charge is 0.276 e. The predicted molar refractivity (Wildman–Crippen MR) is 78.5 cm³/mol. The molecule has 1 aromatic rings. The van der Waals surface area contributed by atoms with Crippen molar-refractivity contribution in [2.45, 2.75) is 12.8 Å². The fraction of sp³-hybridized carbons (Fsp3) is 0.400. The van der Waals surface area contributed by atoms with Crippen LogP contribution in [-0.4, -0.2) is 40.5 Å². The zero-order valence-electron chi connectivity index (χ0n) is 11.6. The Morgan fingerprint density at radius 2 is 2.05 bits per heavy atom. The average molecular weight is 290 g/mol. The molecule has 1 saturated heterocycles. The standard InChI is InChI=1S/C15H18N2O4/c18-11-12-7-9-16(10-8-12)15(19)6-5-13-3-1-2-4-14(13)17(20)21/h1-6,12,18H,7-11H2/b6-5+. The molecule has 0 bridgehead atoms. The number of nitrogens with zero attached hydrogens (tertiary/aromatic N) is 2. The molecule has 0 spiro atoms. The number of piperidine rings is 1. The number of hydrogen-bond donors (Lipinski definition) is 1. The molecule has 0 radical (unpaired) electrons. The first-order chi connectivity index (χ1) is 10.1. The Balaban J connectivity index is 2.01. The van der Waals surface area contributed by atoms with Gasteiger partial charge in [0.1, 0.15) is 0 Å². The number of para-hydroxylation sites is 1. The molecule has 1 amide bonds. The van der Waals surface area contributed by atoms with E-state index in [9.17, 15) is 14.9 Å². The minimum absolute atomic E-state index is 0.0134. The van der Waals surface area contributed by atoms with Crippen LogP contribution in [0.4, 0.5) is 5.69 Å². The second kappa shape index (κ2) is 6.99. The van der Waals surface area contributed by atoms with E-state index in [0.717, 1.165) is 12.8 Å². The summed E-state index contributed by atoms with van der Waals surface area (Å²) in [6.45, 7) is 1.39. The second-order valence-electron chi connectivity index (χ2n) is 5.10. The van der Waals surface area contributed by atoms with Crippen LogP contribution in [0.15, 0.2) is 30.3 Å². The topological polar surface area (TPSA) is 83.7 Å². The normalized spacial score (nSPS) is 16.3. The third-order valence-electron chi connectivity index (χ3n) is 3.72. The highest BCUT2D eigenvalue weighted by Gasteiger charge is 2.21. The lowest BCUT2D eigenvalue weighted by molar-refractivity contribution is -0.385. The molecule has 0 atom stereocenters. The van der Waals surface area contributed by atoms with E-state index in [1.165, 1.54) is 18.2 Å². The SMILES string of the molecule is O=C(/C=C/c1ccccc1[N+](=O)[O-])N1CCC(CO)CC1. The number of nitro benzene ring substituents is 1. The Morgan fingerprint density at radius 1 is 1.38 bits per heavy atom. The van der Waals surface area contributed by atoms with Crippen LogP contribution in [-0.2, 0) is 4.79 Å². The number of hydrogen-bond acceptors (Lipinski definition) is 4. The molecule has 1 aliphatic heterocycles. The van der Waals surface area contributed by atoms with Crippen molar-refractivity contribution in [1.29, 1.82) is 0 Å². The summed E-state index contributed by atoms with van der Waals surface area (Å²) in [6, 6.07) is 6.32. The van der Waals surface area contributed by atoms with Crippen LogP contribution in [0.3, 0.4) is 0 Å². The summed E-state index contributed by atoms with van der Waals surface area (Å²) in [7, 11) is 0. The Labute approximate surface area is 122 Å².